The molecule has 3 rings (SSSR count). The fourth-order valence-electron chi connectivity index (χ4n) is 3.45. The maximum atomic E-state index is 13.0. The van der Waals surface area contributed by atoms with Crippen molar-refractivity contribution < 1.29 is 27.8 Å². The summed E-state index contributed by atoms with van der Waals surface area (Å²) in [5.74, 6) is -0.562. The average Bonchev–Trinajstić information content (AvgIpc) is 2.86. The van der Waals surface area contributed by atoms with Crippen molar-refractivity contribution in [3.8, 4) is 11.8 Å². The molecule has 194 valence electrons. The molecule has 3 aromatic rings. The zero-order valence-corrected chi connectivity index (χ0v) is 20.7. The maximum absolute atomic E-state index is 13.0. The van der Waals surface area contributed by atoms with E-state index >= 15 is 0 Å². The van der Waals surface area contributed by atoms with Gasteiger partial charge in [-0.3, -0.25) is 0 Å². The smallest absolute Gasteiger partial charge is 0.416 e. The molecule has 10 heteroatoms. The molecule has 1 heterocycles. The highest BCUT2D eigenvalue weighted by molar-refractivity contribution is 5.77. The lowest BCUT2D eigenvalue weighted by molar-refractivity contribution is -0.152. The number of benzene rings is 2. The summed E-state index contributed by atoms with van der Waals surface area (Å²) in [5.41, 5.74) is 0.381. The van der Waals surface area contributed by atoms with Gasteiger partial charge < -0.3 is 14.7 Å². The highest BCUT2D eigenvalue weighted by Gasteiger charge is 2.31. The molecule has 0 radical (unpaired) electrons. The van der Waals surface area contributed by atoms with Gasteiger partial charge in [0.05, 0.1) is 11.1 Å². The number of ether oxygens (including phenoxy) is 1. The summed E-state index contributed by atoms with van der Waals surface area (Å²) >= 11 is 0. The summed E-state index contributed by atoms with van der Waals surface area (Å²) < 4.78 is 44.4. The zero-order chi connectivity index (χ0) is 27.2. The minimum Gasteiger partial charge on any atom is -0.478 e. The van der Waals surface area contributed by atoms with E-state index in [-0.39, 0.29) is 17.9 Å². The molecule has 1 N–H and O–H groups in total. The molecule has 0 bridgehead atoms. The largest absolute Gasteiger partial charge is 0.478 e. The number of halogens is 3. The molecule has 0 aliphatic carbocycles. The fraction of sp³-hybridized carbons (Fsp3) is 0.333. The fourth-order valence-corrected chi connectivity index (χ4v) is 3.45. The standard InChI is InChI=1S/C27H27F3N4O3/c1-4-18-15-32-25(33-16-18)34(17-20-5-8-22(9-6-20)27(28,29)30)12-11-19-7-10-23(21(13-19)14-31)37-26(2,3)24(35)36/h5-10,13,15-16H,4,11-12,17H2,1-3H3,(H,35,36). The van der Waals surface area contributed by atoms with Gasteiger partial charge in [-0.25, -0.2) is 14.8 Å². The van der Waals surface area contributed by atoms with Gasteiger partial charge in [-0.05, 0) is 67.6 Å². The minimum atomic E-state index is -4.41. The van der Waals surface area contributed by atoms with E-state index in [1.165, 1.54) is 26.0 Å². The van der Waals surface area contributed by atoms with Crippen LogP contribution in [-0.2, 0) is 30.4 Å². The van der Waals surface area contributed by atoms with E-state index in [9.17, 15) is 28.3 Å². The number of nitrogens with zero attached hydrogens (tertiary/aromatic N) is 4. The van der Waals surface area contributed by atoms with Gasteiger partial charge in [0, 0.05) is 25.5 Å². The number of aliphatic carboxylic acids is 1. The number of rotatable bonds is 10. The normalized spacial score (nSPS) is 11.6. The Balaban J connectivity index is 1.82. The molecule has 0 fully saturated rings. The molecule has 37 heavy (non-hydrogen) atoms. The van der Waals surface area contributed by atoms with E-state index < -0.39 is 23.3 Å². The van der Waals surface area contributed by atoms with E-state index in [1.807, 2.05) is 17.9 Å². The minimum absolute atomic E-state index is 0.166. The van der Waals surface area contributed by atoms with Crippen molar-refractivity contribution in [1.29, 1.82) is 5.26 Å². The molecular weight excluding hydrogens is 485 g/mol. The Morgan fingerprint density at radius 3 is 2.22 bits per heavy atom. The van der Waals surface area contributed by atoms with Gasteiger partial charge in [0.2, 0.25) is 5.95 Å². The first kappa shape index (κ1) is 27.5. The summed E-state index contributed by atoms with van der Waals surface area (Å²) in [7, 11) is 0. The lowest BCUT2D eigenvalue weighted by Gasteiger charge is -2.24. The molecule has 7 nitrogen and oxygen atoms in total. The van der Waals surface area contributed by atoms with E-state index in [4.69, 9.17) is 4.74 Å². The highest BCUT2D eigenvalue weighted by atomic mass is 19.4. The van der Waals surface area contributed by atoms with Crippen LogP contribution >= 0.6 is 0 Å². The van der Waals surface area contributed by atoms with Crippen molar-refractivity contribution in [1.82, 2.24) is 9.97 Å². The Labute approximate surface area is 213 Å². The van der Waals surface area contributed by atoms with Crippen LogP contribution in [0.25, 0.3) is 0 Å². The monoisotopic (exact) mass is 512 g/mol. The maximum Gasteiger partial charge on any atom is 0.416 e. The van der Waals surface area contributed by atoms with E-state index in [1.54, 1.807) is 30.6 Å². The molecule has 0 saturated carbocycles. The molecule has 0 aliphatic rings. The number of carboxylic acids is 1. The first-order valence-corrected chi connectivity index (χ1v) is 11.6. The SMILES string of the molecule is CCc1cnc(N(CCc2ccc(OC(C)(C)C(=O)O)c(C#N)c2)Cc2ccc(C(F)(F)F)cc2)nc1. The molecule has 0 atom stereocenters. The second-order valence-corrected chi connectivity index (χ2v) is 8.97. The van der Waals surface area contributed by atoms with E-state index in [0.717, 1.165) is 29.7 Å². The molecule has 0 saturated heterocycles. The Bertz CT molecular complexity index is 1270. The van der Waals surface area contributed by atoms with Crippen molar-refractivity contribution >= 4 is 11.9 Å². The summed E-state index contributed by atoms with van der Waals surface area (Å²) in [4.78, 5) is 22.1. The third-order valence-corrected chi connectivity index (χ3v) is 5.75. The van der Waals surface area contributed by atoms with Crippen molar-refractivity contribution in [3.63, 3.8) is 0 Å². The van der Waals surface area contributed by atoms with Crippen LogP contribution in [0.4, 0.5) is 19.1 Å². The Kier molecular flexibility index (Phi) is 8.38. The van der Waals surface area contributed by atoms with Crippen LogP contribution in [0.2, 0.25) is 0 Å². The predicted octanol–water partition coefficient (Wildman–Crippen LogP) is 5.42. The second kappa shape index (κ2) is 11.3. The number of carboxylic acid groups (broad SMARTS) is 1. The Hall–Kier alpha value is -4.13. The number of aromatic nitrogens is 2. The van der Waals surface area contributed by atoms with Crippen LogP contribution in [0.1, 0.15) is 48.6 Å². The molecular formula is C27H27F3N4O3. The number of hydrogen-bond donors (Lipinski definition) is 1. The molecule has 0 unspecified atom stereocenters. The zero-order valence-electron chi connectivity index (χ0n) is 20.7. The van der Waals surface area contributed by atoms with Crippen LogP contribution in [-0.4, -0.2) is 33.2 Å². The van der Waals surface area contributed by atoms with Gasteiger partial charge in [-0.15, -0.1) is 0 Å². The first-order chi connectivity index (χ1) is 17.4. The van der Waals surface area contributed by atoms with Crippen LogP contribution in [0.5, 0.6) is 5.75 Å². The van der Waals surface area contributed by atoms with Crippen molar-refractivity contribution in [3.05, 3.63) is 82.7 Å². The number of nitriles is 1. The van der Waals surface area contributed by atoms with Crippen molar-refractivity contribution in [2.45, 2.75) is 51.9 Å². The average molecular weight is 513 g/mol. The number of anilines is 1. The topological polar surface area (TPSA) is 99.3 Å². The molecule has 0 amide bonds. The van der Waals surface area contributed by atoms with Crippen LogP contribution in [0.3, 0.4) is 0 Å². The van der Waals surface area contributed by atoms with Gasteiger partial charge in [0.1, 0.15) is 11.8 Å². The summed E-state index contributed by atoms with van der Waals surface area (Å²) in [6.07, 6.45) is 0.254. The van der Waals surface area contributed by atoms with Crippen molar-refractivity contribution in [2.24, 2.45) is 0 Å². The van der Waals surface area contributed by atoms with Gasteiger partial charge >= 0.3 is 12.1 Å². The quantitative estimate of drug-likeness (QED) is 0.387. The number of hydrogen-bond acceptors (Lipinski definition) is 6. The highest BCUT2D eigenvalue weighted by Crippen LogP contribution is 2.29. The van der Waals surface area contributed by atoms with Gasteiger partial charge in [-0.1, -0.05) is 25.1 Å². The molecule has 1 aromatic heterocycles. The Morgan fingerprint density at radius 1 is 1.05 bits per heavy atom. The summed E-state index contributed by atoms with van der Waals surface area (Å²) in [6.45, 7) is 5.47. The first-order valence-electron chi connectivity index (χ1n) is 11.6. The number of alkyl halides is 3. The van der Waals surface area contributed by atoms with E-state index in [2.05, 4.69) is 9.97 Å². The molecule has 0 spiro atoms. The van der Waals surface area contributed by atoms with Crippen LogP contribution < -0.4 is 9.64 Å². The second-order valence-electron chi connectivity index (χ2n) is 8.97. The molecule has 0 aliphatic heterocycles. The number of aryl methyl sites for hydroxylation is 1. The van der Waals surface area contributed by atoms with Gasteiger partial charge in [-0.2, -0.15) is 18.4 Å². The van der Waals surface area contributed by atoms with Crippen LogP contribution in [0.15, 0.2) is 54.9 Å². The van der Waals surface area contributed by atoms with Gasteiger partial charge in [0.25, 0.3) is 0 Å². The number of carbonyl (C=O) groups is 1. The van der Waals surface area contributed by atoms with Crippen LogP contribution in [0, 0.1) is 11.3 Å². The third kappa shape index (κ3) is 7.19. The lowest BCUT2D eigenvalue weighted by atomic mass is 10.1. The molecule has 2 aromatic carbocycles. The Morgan fingerprint density at radius 2 is 1.68 bits per heavy atom. The summed E-state index contributed by atoms with van der Waals surface area (Å²) in [6, 6.07) is 11.9. The third-order valence-electron chi connectivity index (χ3n) is 5.75. The van der Waals surface area contributed by atoms with Gasteiger partial charge in [0.15, 0.2) is 5.60 Å². The predicted molar refractivity (Wildman–Crippen MR) is 131 cm³/mol. The lowest BCUT2D eigenvalue weighted by Crippen LogP contribution is -2.38. The van der Waals surface area contributed by atoms with Crippen molar-refractivity contribution in [2.75, 3.05) is 11.4 Å². The van der Waals surface area contributed by atoms with E-state index in [0.29, 0.717) is 24.5 Å². The summed E-state index contributed by atoms with van der Waals surface area (Å²) in [5, 5.41) is 18.9.